The Kier molecular flexibility index (Phi) is 6.64. The van der Waals surface area contributed by atoms with Crippen molar-refractivity contribution < 1.29 is 9.47 Å². The maximum absolute atomic E-state index is 6.66. The highest BCUT2D eigenvalue weighted by molar-refractivity contribution is 5.43. The predicted molar refractivity (Wildman–Crippen MR) is 102 cm³/mol. The molecule has 1 N–H and O–H groups in total. The normalized spacial score (nSPS) is 10.7. The van der Waals surface area contributed by atoms with E-state index in [1.807, 2.05) is 78.9 Å². The molecule has 3 rings (SSSR count). The van der Waals surface area contributed by atoms with Gasteiger partial charge in [-0.15, -0.1) is 0 Å². The van der Waals surface area contributed by atoms with Crippen LogP contribution >= 0.6 is 0 Å². The largest absolute Gasteiger partial charge is 0.485 e. The molecule has 0 saturated heterocycles. The quantitative estimate of drug-likeness (QED) is 0.390. The zero-order valence-corrected chi connectivity index (χ0v) is 14.8. The molecule has 6 heteroatoms. The number of nitrogens with one attached hydrogen (secondary N) is 1. The number of nitrogens with zero attached hydrogens (tertiary/aromatic N) is 3. The Morgan fingerprint density at radius 1 is 0.667 bits per heavy atom. The van der Waals surface area contributed by atoms with Gasteiger partial charge in [0, 0.05) is 0 Å². The van der Waals surface area contributed by atoms with Gasteiger partial charge in [0.1, 0.15) is 13.2 Å². The van der Waals surface area contributed by atoms with Crippen molar-refractivity contribution in [3.05, 3.63) is 95.6 Å². The van der Waals surface area contributed by atoms with E-state index < -0.39 is 0 Å². The van der Waals surface area contributed by atoms with Gasteiger partial charge in [0.05, 0.1) is 6.54 Å². The van der Waals surface area contributed by atoms with E-state index in [1.54, 1.807) is 0 Å². The summed E-state index contributed by atoms with van der Waals surface area (Å²) >= 11 is 0. The minimum atomic E-state index is 0.322. The molecule has 0 bridgehead atoms. The molecule has 0 radical (unpaired) electrons. The molecule has 0 atom stereocenters. The molecule has 0 aliphatic heterocycles. The van der Waals surface area contributed by atoms with Crippen LogP contribution in [0.15, 0.2) is 94.4 Å². The minimum absolute atomic E-state index is 0.322. The van der Waals surface area contributed by atoms with Crippen molar-refractivity contribution in [3.63, 3.8) is 0 Å². The van der Waals surface area contributed by atoms with E-state index in [-0.39, 0.29) is 0 Å². The standard InChI is InChI=1S/C21H20N4O2/c22-24-25-23-14-19-11-12-20(26-15-17-7-3-1-4-8-17)21(13-19)27-16-18-9-5-2-6-10-18/h1-13,22H,14-16H2. The van der Waals surface area contributed by atoms with Crippen LogP contribution in [0.2, 0.25) is 0 Å². The lowest BCUT2D eigenvalue weighted by Crippen LogP contribution is -2.01. The molecule has 3 aromatic carbocycles. The second-order valence-corrected chi connectivity index (χ2v) is 5.82. The fourth-order valence-electron chi connectivity index (χ4n) is 2.50. The average molecular weight is 360 g/mol. The maximum Gasteiger partial charge on any atom is 0.162 e. The van der Waals surface area contributed by atoms with Gasteiger partial charge in [0.15, 0.2) is 11.5 Å². The van der Waals surface area contributed by atoms with Crippen molar-refractivity contribution in [2.24, 2.45) is 15.6 Å². The van der Waals surface area contributed by atoms with Crippen LogP contribution in [0.4, 0.5) is 0 Å². The molecular weight excluding hydrogens is 340 g/mol. The lowest BCUT2D eigenvalue weighted by atomic mass is 10.2. The Bertz CT molecular complexity index is 883. The third-order valence-corrected chi connectivity index (χ3v) is 3.84. The Labute approximate surface area is 158 Å². The van der Waals surface area contributed by atoms with Crippen LogP contribution in [-0.4, -0.2) is 0 Å². The molecule has 6 nitrogen and oxygen atoms in total. The van der Waals surface area contributed by atoms with Gasteiger partial charge in [-0.3, -0.25) is 0 Å². The predicted octanol–water partition coefficient (Wildman–Crippen LogP) is 5.74. The van der Waals surface area contributed by atoms with Gasteiger partial charge >= 0.3 is 0 Å². The highest BCUT2D eigenvalue weighted by Crippen LogP contribution is 2.30. The summed E-state index contributed by atoms with van der Waals surface area (Å²) in [6.45, 7) is 1.22. The van der Waals surface area contributed by atoms with Crippen molar-refractivity contribution in [1.82, 2.24) is 0 Å². The summed E-state index contributed by atoms with van der Waals surface area (Å²) in [4.78, 5) is 0. The molecule has 3 aromatic rings. The van der Waals surface area contributed by atoms with Gasteiger partial charge in [0.2, 0.25) is 0 Å². The summed E-state index contributed by atoms with van der Waals surface area (Å²) < 4.78 is 12.0. The lowest BCUT2D eigenvalue weighted by Gasteiger charge is -2.14. The topological polar surface area (TPSA) is 79.4 Å². The SMILES string of the molecule is N=NN=NCc1ccc(OCc2ccccc2)c(OCc2ccccc2)c1. The molecule has 0 aromatic heterocycles. The third-order valence-electron chi connectivity index (χ3n) is 3.84. The molecule has 27 heavy (non-hydrogen) atoms. The first-order valence-electron chi connectivity index (χ1n) is 8.55. The van der Waals surface area contributed by atoms with Gasteiger partial charge in [-0.05, 0) is 39.3 Å². The first-order valence-corrected chi connectivity index (χ1v) is 8.55. The average Bonchev–Trinajstić information content (AvgIpc) is 2.73. The van der Waals surface area contributed by atoms with Gasteiger partial charge in [0.25, 0.3) is 0 Å². The van der Waals surface area contributed by atoms with Gasteiger partial charge in [-0.1, -0.05) is 66.7 Å². The van der Waals surface area contributed by atoms with Gasteiger partial charge < -0.3 is 9.47 Å². The lowest BCUT2D eigenvalue weighted by molar-refractivity contribution is 0.255. The monoisotopic (exact) mass is 360 g/mol. The highest BCUT2D eigenvalue weighted by atomic mass is 16.5. The van der Waals surface area contributed by atoms with Crippen LogP contribution < -0.4 is 9.47 Å². The Morgan fingerprint density at radius 3 is 1.85 bits per heavy atom. The van der Waals surface area contributed by atoms with E-state index in [0.717, 1.165) is 16.7 Å². The second-order valence-electron chi connectivity index (χ2n) is 5.82. The highest BCUT2D eigenvalue weighted by Gasteiger charge is 2.08. The van der Waals surface area contributed by atoms with E-state index >= 15 is 0 Å². The number of ether oxygens (including phenoxy) is 2. The minimum Gasteiger partial charge on any atom is -0.485 e. The molecule has 0 heterocycles. The first-order chi connectivity index (χ1) is 13.3. The zero-order valence-electron chi connectivity index (χ0n) is 14.8. The number of rotatable bonds is 9. The van der Waals surface area contributed by atoms with Crippen LogP contribution in [0.3, 0.4) is 0 Å². The molecule has 0 saturated carbocycles. The molecule has 136 valence electrons. The molecule has 0 fully saturated rings. The number of hydrogen-bond donors (Lipinski definition) is 1. The smallest absolute Gasteiger partial charge is 0.162 e. The van der Waals surface area contributed by atoms with Gasteiger partial charge in [-0.2, -0.15) is 10.6 Å². The van der Waals surface area contributed by atoms with E-state index in [9.17, 15) is 0 Å². The summed E-state index contributed by atoms with van der Waals surface area (Å²) in [6, 6.07) is 25.6. The summed E-state index contributed by atoms with van der Waals surface area (Å²) in [6.07, 6.45) is 0. The van der Waals surface area contributed by atoms with E-state index in [2.05, 4.69) is 15.6 Å². The van der Waals surface area contributed by atoms with Crippen LogP contribution in [0.1, 0.15) is 16.7 Å². The Hall–Kier alpha value is -3.54. The van der Waals surface area contributed by atoms with Crippen molar-refractivity contribution in [2.45, 2.75) is 19.8 Å². The van der Waals surface area contributed by atoms with Crippen molar-refractivity contribution in [3.8, 4) is 11.5 Å². The van der Waals surface area contributed by atoms with Crippen LogP contribution in [-0.2, 0) is 19.8 Å². The summed E-state index contributed by atoms with van der Waals surface area (Å²) in [5.41, 5.74) is 9.72. The molecule has 0 unspecified atom stereocenters. The molecule has 0 aliphatic rings. The van der Waals surface area contributed by atoms with Crippen molar-refractivity contribution in [2.75, 3.05) is 0 Å². The van der Waals surface area contributed by atoms with E-state index in [0.29, 0.717) is 31.3 Å². The van der Waals surface area contributed by atoms with Crippen LogP contribution in [0, 0.1) is 5.53 Å². The van der Waals surface area contributed by atoms with Crippen LogP contribution in [0.5, 0.6) is 11.5 Å². The zero-order chi connectivity index (χ0) is 18.7. The Balaban J connectivity index is 1.75. The van der Waals surface area contributed by atoms with Crippen LogP contribution in [0.25, 0.3) is 0 Å². The molecule has 0 aliphatic carbocycles. The third kappa shape index (κ3) is 5.74. The summed E-state index contributed by atoms with van der Waals surface area (Å²) in [5, 5.41) is 10.0. The summed E-state index contributed by atoms with van der Waals surface area (Å²) in [5.74, 6) is 1.31. The number of benzene rings is 3. The molecular formula is C21H20N4O2. The maximum atomic E-state index is 6.66. The Morgan fingerprint density at radius 2 is 1.26 bits per heavy atom. The second kappa shape index (κ2) is 9.82. The first kappa shape index (κ1) is 18.3. The van der Waals surface area contributed by atoms with Gasteiger partial charge in [-0.25, -0.2) is 0 Å². The van der Waals surface area contributed by atoms with Crippen molar-refractivity contribution in [1.29, 1.82) is 5.53 Å². The molecule has 0 amide bonds. The summed E-state index contributed by atoms with van der Waals surface area (Å²) in [7, 11) is 0. The fraction of sp³-hybridized carbons (Fsp3) is 0.143. The molecule has 0 spiro atoms. The van der Waals surface area contributed by atoms with E-state index in [4.69, 9.17) is 15.0 Å². The van der Waals surface area contributed by atoms with Crippen molar-refractivity contribution >= 4 is 0 Å². The number of hydrogen-bond acceptors (Lipinski definition) is 4. The van der Waals surface area contributed by atoms with E-state index in [1.165, 1.54) is 0 Å². The fourth-order valence-corrected chi connectivity index (χ4v) is 2.50.